The lowest BCUT2D eigenvalue weighted by Gasteiger charge is -2.06. The lowest BCUT2D eigenvalue weighted by atomic mass is 9.99. The number of aromatic nitrogens is 2. The molecule has 2 heterocycles. The van der Waals surface area contributed by atoms with E-state index >= 15 is 0 Å². The highest BCUT2D eigenvalue weighted by Crippen LogP contribution is 2.34. The summed E-state index contributed by atoms with van der Waals surface area (Å²) >= 11 is 0. The quantitative estimate of drug-likeness (QED) is 0.454. The Kier molecular flexibility index (Phi) is 3.13. The number of pyridine rings is 1. The minimum Gasteiger partial charge on any atom is -0.493 e. The van der Waals surface area contributed by atoms with Crippen molar-refractivity contribution < 1.29 is 14.0 Å². The molecule has 5 aromatic rings. The van der Waals surface area contributed by atoms with E-state index in [-0.39, 0.29) is 5.56 Å². The number of nitrogens with zero attached hydrogens (tertiary/aromatic N) is 2. The highest BCUT2D eigenvalue weighted by Gasteiger charge is 2.26. The fourth-order valence-corrected chi connectivity index (χ4v) is 4.23. The predicted octanol–water partition coefficient (Wildman–Crippen LogP) is 3.35. The van der Waals surface area contributed by atoms with Crippen LogP contribution in [-0.4, -0.2) is 18.6 Å². The van der Waals surface area contributed by atoms with E-state index in [0.29, 0.717) is 11.5 Å². The van der Waals surface area contributed by atoms with Gasteiger partial charge in [0.25, 0.3) is 5.65 Å². The lowest BCUT2D eigenvalue weighted by molar-refractivity contribution is -0.617. The van der Waals surface area contributed by atoms with Gasteiger partial charge in [0.05, 0.1) is 32.0 Å². The van der Waals surface area contributed by atoms with Crippen LogP contribution in [0.3, 0.4) is 0 Å². The van der Waals surface area contributed by atoms with E-state index in [0.717, 1.165) is 38.2 Å². The Bertz CT molecular complexity index is 1430. The molecule has 0 aliphatic rings. The summed E-state index contributed by atoms with van der Waals surface area (Å²) in [6.45, 7) is 2.08. The molecule has 134 valence electrons. The van der Waals surface area contributed by atoms with Crippen LogP contribution in [-0.2, 0) is 7.05 Å². The summed E-state index contributed by atoms with van der Waals surface area (Å²) in [4.78, 5) is 13.5. The first-order valence-corrected chi connectivity index (χ1v) is 8.80. The van der Waals surface area contributed by atoms with Crippen LogP contribution in [0, 0.1) is 6.92 Å². The minimum absolute atomic E-state index is 0.0217. The van der Waals surface area contributed by atoms with Crippen LogP contribution >= 0.6 is 0 Å². The van der Waals surface area contributed by atoms with Gasteiger partial charge in [0.1, 0.15) is 0 Å². The van der Waals surface area contributed by atoms with E-state index in [2.05, 4.69) is 23.6 Å². The van der Waals surface area contributed by atoms with Crippen molar-refractivity contribution in [3.05, 3.63) is 58.4 Å². The molecule has 5 rings (SSSR count). The van der Waals surface area contributed by atoms with Gasteiger partial charge < -0.3 is 9.47 Å². The maximum absolute atomic E-state index is 13.5. The smallest absolute Gasteiger partial charge is 0.347 e. The third-order valence-electron chi connectivity index (χ3n) is 5.55. The van der Waals surface area contributed by atoms with Gasteiger partial charge in [-0.25, -0.2) is 9.36 Å². The molecule has 0 saturated carbocycles. The summed E-state index contributed by atoms with van der Waals surface area (Å²) in [7, 11) is 5.20. The minimum atomic E-state index is -0.0217. The number of benzene rings is 3. The Balaban J connectivity index is 2.15. The molecule has 5 nitrogen and oxygen atoms in total. The third-order valence-corrected chi connectivity index (χ3v) is 5.55. The molecule has 5 heteroatoms. The van der Waals surface area contributed by atoms with Gasteiger partial charge in [0, 0.05) is 17.5 Å². The Labute approximate surface area is 155 Å². The van der Waals surface area contributed by atoms with Crippen molar-refractivity contribution in [3.8, 4) is 11.5 Å². The van der Waals surface area contributed by atoms with Crippen molar-refractivity contribution in [2.24, 2.45) is 7.05 Å². The molecule has 0 saturated heterocycles. The van der Waals surface area contributed by atoms with Crippen LogP contribution in [0.15, 0.2) is 47.3 Å². The summed E-state index contributed by atoms with van der Waals surface area (Å²) in [5.74, 6) is 1.24. The van der Waals surface area contributed by atoms with Gasteiger partial charge >= 0.3 is 5.56 Å². The van der Waals surface area contributed by atoms with Gasteiger partial charge in [0.2, 0.25) is 0 Å². The fraction of sp³-hybridized carbons (Fsp3) is 0.182. The molecule has 0 amide bonds. The van der Waals surface area contributed by atoms with E-state index < -0.39 is 0 Å². The fourth-order valence-electron chi connectivity index (χ4n) is 4.23. The molecule has 0 aliphatic carbocycles. The maximum Gasteiger partial charge on any atom is 0.347 e. The largest absolute Gasteiger partial charge is 0.493 e. The number of methoxy groups -OCH3 is 2. The molecule has 0 radical (unpaired) electrons. The zero-order chi connectivity index (χ0) is 18.9. The average molecular weight is 359 g/mol. The highest BCUT2D eigenvalue weighted by atomic mass is 16.5. The Hall–Kier alpha value is -3.34. The SMILES string of the molecule is COc1cc2c(cc1OC)[n+](C)c1c3cccc4c(C)ccc(c(=O)n21)c43. The molecule has 0 fully saturated rings. The molecule has 0 unspecified atom stereocenters. The summed E-state index contributed by atoms with van der Waals surface area (Å²) in [5.41, 5.74) is 3.73. The number of aryl methyl sites for hydroxylation is 2. The van der Waals surface area contributed by atoms with E-state index in [4.69, 9.17) is 9.47 Å². The van der Waals surface area contributed by atoms with Crippen molar-refractivity contribution in [2.75, 3.05) is 14.2 Å². The van der Waals surface area contributed by atoms with E-state index in [1.54, 1.807) is 18.6 Å². The number of hydrogen-bond donors (Lipinski definition) is 0. The zero-order valence-corrected chi connectivity index (χ0v) is 15.7. The standard InChI is InChI=1S/C22H19N2O3/c1-12-8-9-15-20-13(12)6-5-7-14(20)21-23(2)16-10-18(26-3)19(27-4)11-17(16)24(21)22(15)25/h5-11H,1-4H3/q+1. The molecule has 3 aromatic carbocycles. The maximum atomic E-state index is 13.5. The van der Waals surface area contributed by atoms with Gasteiger partial charge in [-0.05, 0) is 30.0 Å². The zero-order valence-electron chi connectivity index (χ0n) is 15.7. The monoisotopic (exact) mass is 359 g/mol. The summed E-state index contributed by atoms with van der Waals surface area (Å²) in [6, 6.07) is 13.9. The first-order valence-electron chi connectivity index (χ1n) is 8.80. The molecule has 0 bridgehead atoms. The average Bonchev–Trinajstić information content (AvgIpc) is 2.98. The molecular formula is C22H19N2O3+. The molecule has 0 N–H and O–H groups in total. The Morgan fingerprint density at radius 1 is 0.926 bits per heavy atom. The van der Waals surface area contributed by atoms with Crippen LogP contribution in [0.2, 0.25) is 0 Å². The van der Waals surface area contributed by atoms with Crippen molar-refractivity contribution in [3.63, 3.8) is 0 Å². The molecule has 0 spiro atoms. The van der Waals surface area contributed by atoms with Crippen molar-refractivity contribution in [1.82, 2.24) is 4.40 Å². The van der Waals surface area contributed by atoms with Crippen molar-refractivity contribution >= 4 is 38.2 Å². The number of ether oxygens (including phenoxy) is 2. The predicted molar refractivity (Wildman–Crippen MR) is 106 cm³/mol. The Morgan fingerprint density at radius 3 is 2.37 bits per heavy atom. The van der Waals surface area contributed by atoms with E-state index in [1.807, 2.05) is 37.4 Å². The topological polar surface area (TPSA) is 43.8 Å². The van der Waals surface area contributed by atoms with Crippen LogP contribution in [0.25, 0.3) is 38.2 Å². The van der Waals surface area contributed by atoms with Gasteiger partial charge in [0.15, 0.2) is 22.5 Å². The van der Waals surface area contributed by atoms with Gasteiger partial charge in [-0.1, -0.05) is 18.2 Å². The first kappa shape index (κ1) is 15.9. The number of fused-ring (bicyclic) bond motifs is 4. The van der Waals surface area contributed by atoms with Gasteiger partial charge in [-0.15, -0.1) is 0 Å². The third kappa shape index (κ3) is 1.88. The molecule has 0 atom stereocenters. The second-order valence-electron chi connectivity index (χ2n) is 6.88. The second-order valence-corrected chi connectivity index (χ2v) is 6.88. The molecule has 2 aromatic heterocycles. The normalized spacial score (nSPS) is 11.9. The molecule has 27 heavy (non-hydrogen) atoms. The number of hydrogen-bond acceptors (Lipinski definition) is 3. The summed E-state index contributed by atoms with van der Waals surface area (Å²) in [6.07, 6.45) is 0. The van der Waals surface area contributed by atoms with Gasteiger partial charge in [-0.3, -0.25) is 0 Å². The second kappa shape index (κ2) is 5.33. The van der Waals surface area contributed by atoms with Crippen molar-refractivity contribution in [2.45, 2.75) is 6.92 Å². The lowest BCUT2D eigenvalue weighted by Crippen LogP contribution is -2.29. The van der Waals surface area contributed by atoms with Crippen LogP contribution in [0.4, 0.5) is 0 Å². The van der Waals surface area contributed by atoms with E-state index in [1.165, 1.54) is 5.56 Å². The molecule has 0 aliphatic heterocycles. The molecular weight excluding hydrogens is 340 g/mol. The van der Waals surface area contributed by atoms with Gasteiger partial charge in [-0.2, -0.15) is 4.40 Å². The van der Waals surface area contributed by atoms with Crippen molar-refractivity contribution in [1.29, 1.82) is 0 Å². The van der Waals surface area contributed by atoms with Crippen LogP contribution in [0.1, 0.15) is 5.56 Å². The first-order chi connectivity index (χ1) is 13.1. The van der Waals surface area contributed by atoms with Crippen LogP contribution in [0.5, 0.6) is 11.5 Å². The highest BCUT2D eigenvalue weighted by molar-refractivity contribution is 6.15. The van der Waals surface area contributed by atoms with Crippen LogP contribution < -0.4 is 19.6 Å². The Morgan fingerprint density at radius 2 is 1.63 bits per heavy atom. The van der Waals surface area contributed by atoms with E-state index in [9.17, 15) is 4.79 Å². The summed E-state index contributed by atoms with van der Waals surface area (Å²) in [5, 5.41) is 3.92. The number of imidazole rings is 1. The summed E-state index contributed by atoms with van der Waals surface area (Å²) < 4.78 is 14.8. The number of rotatable bonds is 2.